The topological polar surface area (TPSA) is 73.5 Å². The van der Waals surface area contributed by atoms with Crippen molar-refractivity contribution in [2.24, 2.45) is 5.92 Å². The number of carbonyl (C=O) groups is 2. The van der Waals surface area contributed by atoms with Crippen LogP contribution in [0.1, 0.15) is 33.6 Å². The molecule has 3 amide bonds. The molecule has 6 heteroatoms. The van der Waals surface area contributed by atoms with Crippen molar-refractivity contribution >= 4 is 11.9 Å². The van der Waals surface area contributed by atoms with Crippen molar-refractivity contribution in [3.05, 3.63) is 0 Å². The number of urea groups is 1. The minimum atomic E-state index is -0.435. The van der Waals surface area contributed by atoms with Crippen LogP contribution in [0.3, 0.4) is 0 Å². The molecule has 1 aliphatic rings. The molecule has 3 N–H and O–H groups in total. The van der Waals surface area contributed by atoms with Crippen molar-refractivity contribution in [3.8, 4) is 0 Å². The standard InChI is InChI=1S/C14H28N4O2/c1-14(2,3)17-13(20)16-12(19)10-18(4)9-11-6-5-7-15-8-11/h11,15H,5-10H2,1-4H3,(H2,16,17,19,20). The Hall–Kier alpha value is -1.14. The maximum Gasteiger partial charge on any atom is 0.321 e. The van der Waals surface area contributed by atoms with E-state index >= 15 is 0 Å². The molecule has 0 aromatic rings. The zero-order chi connectivity index (χ0) is 15.2. The van der Waals surface area contributed by atoms with Gasteiger partial charge in [-0.05, 0) is 59.7 Å². The van der Waals surface area contributed by atoms with Gasteiger partial charge in [0, 0.05) is 12.1 Å². The molecule has 0 aromatic carbocycles. The Morgan fingerprint density at radius 1 is 1.35 bits per heavy atom. The fraction of sp³-hybridized carbons (Fsp3) is 0.857. The molecule has 1 atom stereocenters. The number of hydrogen-bond acceptors (Lipinski definition) is 4. The van der Waals surface area contributed by atoms with Crippen molar-refractivity contribution in [2.45, 2.75) is 39.2 Å². The Balaban J connectivity index is 2.25. The lowest BCUT2D eigenvalue weighted by atomic mass is 9.99. The van der Waals surface area contributed by atoms with E-state index in [0.29, 0.717) is 5.92 Å². The Labute approximate surface area is 121 Å². The molecular weight excluding hydrogens is 256 g/mol. The Morgan fingerprint density at radius 2 is 2.05 bits per heavy atom. The lowest BCUT2D eigenvalue weighted by molar-refractivity contribution is -0.121. The number of amides is 3. The molecule has 0 aliphatic carbocycles. The van der Waals surface area contributed by atoms with E-state index in [1.54, 1.807) is 0 Å². The summed E-state index contributed by atoms with van der Waals surface area (Å²) in [5.41, 5.74) is -0.343. The van der Waals surface area contributed by atoms with E-state index in [0.717, 1.165) is 19.6 Å². The number of carbonyl (C=O) groups excluding carboxylic acids is 2. The normalized spacial score (nSPS) is 19.8. The van der Waals surface area contributed by atoms with Gasteiger partial charge in [-0.1, -0.05) is 0 Å². The van der Waals surface area contributed by atoms with Crippen LogP contribution >= 0.6 is 0 Å². The second kappa shape index (κ2) is 7.59. The van der Waals surface area contributed by atoms with Gasteiger partial charge >= 0.3 is 6.03 Å². The van der Waals surface area contributed by atoms with E-state index < -0.39 is 6.03 Å². The van der Waals surface area contributed by atoms with Crippen molar-refractivity contribution in [3.63, 3.8) is 0 Å². The SMILES string of the molecule is CN(CC(=O)NC(=O)NC(C)(C)C)CC1CCCNC1. The van der Waals surface area contributed by atoms with Gasteiger partial charge in [-0.2, -0.15) is 0 Å². The highest BCUT2D eigenvalue weighted by atomic mass is 16.2. The van der Waals surface area contributed by atoms with E-state index in [4.69, 9.17) is 0 Å². The molecule has 1 heterocycles. The Morgan fingerprint density at radius 3 is 2.60 bits per heavy atom. The number of nitrogens with one attached hydrogen (secondary N) is 3. The van der Waals surface area contributed by atoms with Gasteiger partial charge in [-0.25, -0.2) is 4.79 Å². The third-order valence-corrected chi connectivity index (χ3v) is 3.12. The second-order valence-corrected chi connectivity index (χ2v) is 6.66. The smallest absolute Gasteiger partial charge is 0.321 e. The van der Waals surface area contributed by atoms with Gasteiger partial charge in [0.15, 0.2) is 0 Å². The van der Waals surface area contributed by atoms with Crippen LogP contribution in [0, 0.1) is 5.92 Å². The number of nitrogens with zero attached hydrogens (tertiary/aromatic N) is 1. The largest absolute Gasteiger partial charge is 0.333 e. The molecule has 20 heavy (non-hydrogen) atoms. The molecule has 116 valence electrons. The zero-order valence-electron chi connectivity index (χ0n) is 13.1. The average Bonchev–Trinajstić information content (AvgIpc) is 2.26. The van der Waals surface area contributed by atoms with Crippen molar-refractivity contribution in [1.82, 2.24) is 20.9 Å². The molecule has 0 spiro atoms. The van der Waals surface area contributed by atoms with Crippen LogP contribution in [0.15, 0.2) is 0 Å². The summed E-state index contributed by atoms with van der Waals surface area (Å²) in [6.07, 6.45) is 2.39. The zero-order valence-corrected chi connectivity index (χ0v) is 13.1. The molecule has 6 nitrogen and oxygen atoms in total. The fourth-order valence-corrected chi connectivity index (χ4v) is 2.37. The van der Waals surface area contributed by atoms with Crippen LogP contribution in [-0.2, 0) is 4.79 Å². The third-order valence-electron chi connectivity index (χ3n) is 3.12. The van der Waals surface area contributed by atoms with Gasteiger partial charge in [0.25, 0.3) is 0 Å². The summed E-state index contributed by atoms with van der Waals surface area (Å²) in [5, 5.41) is 8.42. The van der Waals surface area contributed by atoms with Gasteiger partial charge in [0.05, 0.1) is 6.54 Å². The first-order valence-corrected chi connectivity index (χ1v) is 7.27. The molecule has 1 rings (SSSR count). The summed E-state index contributed by atoms with van der Waals surface area (Å²) in [6.45, 7) is 8.84. The van der Waals surface area contributed by atoms with Crippen LogP contribution in [0.25, 0.3) is 0 Å². The first kappa shape index (κ1) is 16.9. The Kier molecular flexibility index (Phi) is 6.42. The minimum Gasteiger partial charge on any atom is -0.333 e. The van der Waals surface area contributed by atoms with Gasteiger partial charge in [0.2, 0.25) is 5.91 Å². The minimum absolute atomic E-state index is 0.244. The molecule has 0 saturated carbocycles. The van der Waals surface area contributed by atoms with Gasteiger partial charge < -0.3 is 10.6 Å². The molecular formula is C14H28N4O2. The molecule has 0 bridgehead atoms. The molecule has 0 aromatic heterocycles. The summed E-state index contributed by atoms with van der Waals surface area (Å²) >= 11 is 0. The van der Waals surface area contributed by atoms with E-state index in [2.05, 4.69) is 16.0 Å². The van der Waals surface area contributed by atoms with Crippen molar-refractivity contribution < 1.29 is 9.59 Å². The predicted octanol–water partition coefficient (Wildman–Crippen LogP) is 0.542. The summed E-state index contributed by atoms with van der Waals surface area (Å²) < 4.78 is 0. The maximum absolute atomic E-state index is 11.8. The number of rotatable bonds is 4. The first-order valence-electron chi connectivity index (χ1n) is 7.27. The summed E-state index contributed by atoms with van der Waals surface area (Å²) in [5.74, 6) is 0.322. The second-order valence-electron chi connectivity index (χ2n) is 6.66. The van der Waals surface area contributed by atoms with Crippen LogP contribution in [-0.4, -0.2) is 55.6 Å². The quantitative estimate of drug-likeness (QED) is 0.704. The van der Waals surface area contributed by atoms with Crippen molar-refractivity contribution in [2.75, 3.05) is 33.2 Å². The van der Waals surface area contributed by atoms with Gasteiger partial charge in [-0.3, -0.25) is 15.0 Å². The van der Waals surface area contributed by atoms with Crippen molar-refractivity contribution in [1.29, 1.82) is 0 Å². The number of piperidine rings is 1. The lowest BCUT2D eigenvalue weighted by Gasteiger charge is -2.27. The highest BCUT2D eigenvalue weighted by Gasteiger charge is 2.19. The van der Waals surface area contributed by atoms with Gasteiger partial charge in [0.1, 0.15) is 0 Å². The number of imide groups is 1. The highest BCUT2D eigenvalue weighted by Crippen LogP contribution is 2.10. The maximum atomic E-state index is 11.8. The van der Waals surface area contributed by atoms with Crippen LogP contribution in [0.5, 0.6) is 0 Å². The first-order chi connectivity index (χ1) is 9.26. The molecule has 1 fully saturated rings. The number of likely N-dealkylation sites (N-methyl/N-ethyl adjacent to an activating group) is 1. The monoisotopic (exact) mass is 284 g/mol. The van der Waals surface area contributed by atoms with Gasteiger partial charge in [-0.15, -0.1) is 0 Å². The highest BCUT2D eigenvalue weighted by molar-refractivity contribution is 5.95. The summed E-state index contributed by atoms with van der Waals surface area (Å²) in [4.78, 5) is 25.3. The fourth-order valence-electron chi connectivity index (χ4n) is 2.37. The summed E-state index contributed by atoms with van der Waals surface area (Å²) in [7, 11) is 1.91. The van der Waals surface area contributed by atoms with E-state index in [9.17, 15) is 9.59 Å². The van der Waals surface area contributed by atoms with E-state index in [-0.39, 0.29) is 18.0 Å². The predicted molar refractivity (Wildman–Crippen MR) is 79.5 cm³/mol. The van der Waals surface area contributed by atoms with E-state index in [1.165, 1.54) is 12.8 Å². The third kappa shape index (κ3) is 7.45. The lowest BCUT2D eigenvalue weighted by Crippen LogP contribution is -2.50. The van der Waals surface area contributed by atoms with Crippen LogP contribution in [0.2, 0.25) is 0 Å². The molecule has 0 radical (unpaired) electrons. The number of hydrogen-bond donors (Lipinski definition) is 3. The Bertz CT molecular complexity index is 333. The van der Waals surface area contributed by atoms with Crippen LogP contribution < -0.4 is 16.0 Å². The van der Waals surface area contributed by atoms with E-state index in [1.807, 2.05) is 32.7 Å². The van der Waals surface area contributed by atoms with Crippen LogP contribution in [0.4, 0.5) is 4.79 Å². The molecule has 1 aliphatic heterocycles. The summed E-state index contributed by atoms with van der Waals surface area (Å²) in [6, 6.07) is -0.435. The molecule has 1 unspecified atom stereocenters. The molecule has 1 saturated heterocycles. The average molecular weight is 284 g/mol.